The lowest BCUT2D eigenvalue weighted by molar-refractivity contribution is 0.660. The van der Waals surface area contributed by atoms with Crippen molar-refractivity contribution in [2.75, 3.05) is 19.6 Å². The van der Waals surface area contributed by atoms with E-state index in [2.05, 4.69) is 482 Å². The van der Waals surface area contributed by atoms with E-state index in [9.17, 15) is 0 Å². The Morgan fingerprint density at radius 1 is 0.191 bits per heavy atom. The zero-order chi connectivity index (χ0) is 86.6. The Hall–Kier alpha value is -16.8. The van der Waals surface area contributed by atoms with Crippen LogP contribution in [0.4, 0.5) is 68.2 Å². The maximum atomic E-state index is 6.48. The molecule has 22 aromatic rings. The Bertz CT molecular complexity index is 8240. The molecule has 0 bridgehead atoms. The third-order valence-electron chi connectivity index (χ3n) is 28.5. The zero-order valence-electron chi connectivity index (χ0n) is 72.1. The van der Waals surface area contributed by atoms with Crippen molar-refractivity contribution in [1.29, 1.82) is 0 Å². The second kappa shape index (κ2) is 29.7. The molecule has 2 spiro atoms. The molecule has 0 unspecified atom stereocenters. The molecular weight excluding hydrogens is 1590 g/mol. The highest BCUT2D eigenvalue weighted by molar-refractivity contribution is 6.11. The summed E-state index contributed by atoms with van der Waals surface area (Å²) in [7, 11) is 0. The minimum Gasteiger partial charge on any atom is -0.456 e. The summed E-state index contributed by atoms with van der Waals surface area (Å²) in [4.78, 5) is 9.74. The van der Waals surface area contributed by atoms with Crippen LogP contribution in [0.2, 0.25) is 0 Å². The van der Waals surface area contributed by atoms with Crippen molar-refractivity contribution in [2.24, 2.45) is 0 Å². The van der Waals surface area contributed by atoms with Crippen LogP contribution in [-0.2, 0) is 16.2 Å². The average Bonchev–Trinajstić information content (AvgIpc) is 1.54. The van der Waals surface area contributed by atoms with E-state index < -0.39 is 10.8 Å². The van der Waals surface area contributed by atoms with Gasteiger partial charge in [-0.2, -0.15) is 0 Å². The molecule has 0 radical (unpaired) electrons. The summed E-state index contributed by atoms with van der Waals surface area (Å²) in [6.45, 7) is 4.73. The van der Waals surface area contributed by atoms with E-state index in [0.29, 0.717) is 0 Å². The Kier molecular flexibility index (Phi) is 17.1. The summed E-state index contributed by atoms with van der Waals surface area (Å²) in [6, 6.07) is 173. The maximum Gasteiger partial charge on any atom is 0.143 e. The second-order valence-corrected chi connectivity index (χ2v) is 35.6. The second-order valence-electron chi connectivity index (χ2n) is 35.6. The van der Waals surface area contributed by atoms with E-state index in [1.807, 2.05) is 24.3 Å². The van der Waals surface area contributed by atoms with Crippen LogP contribution < -0.4 is 19.6 Å². The first kappa shape index (κ1) is 75.5. The minimum atomic E-state index is -0.528. The topological polar surface area (TPSA) is 39.2 Å². The largest absolute Gasteiger partial charge is 0.456 e. The van der Waals surface area contributed by atoms with Crippen molar-refractivity contribution in [3.8, 4) is 66.8 Å². The first-order chi connectivity index (χ1) is 64.7. The Balaban J connectivity index is 0.000000138. The molecule has 6 heteroatoms. The fourth-order valence-corrected chi connectivity index (χ4v) is 22.8. The quantitative estimate of drug-likeness (QED) is 0.129. The molecule has 131 heavy (non-hydrogen) atoms. The Morgan fingerprint density at radius 2 is 0.519 bits per heavy atom. The van der Waals surface area contributed by atoms with Gasteiger partial charge in [0.1, 0.15) is 22.3 Å². The molecule has 5 aliphatic rings. The number of fused-ring (bicyclic) bond motifs is 27. The third kappa shape index (κ3) is 11.4. The van der Waals surface area contributed by atoms with E-state index in [-0.39, 0.29) is 5.41 Å². The zero-order valence-corrected chi connectivity index (χ0v) is 72.1. The number of nitrogens with zero attached hydrogens (tertiary/aromatic N) is 4. The van der Waals surface area contributed by atoms with Crippen LogP contribution in [0.5, 0.6) is 0 Å². The van der Waals surface area contributed by atoms with Crippen LogP contribution in [0.1, 0.15) is 69.5 Å². The standard InChI is InChI=1S/C64H44N2O.C61H40N2O/c1-63(2)53-21-9-6-18-47(53)49-35-33-46(40-58(49)63)65(44-31-28-41(29-32-44)42-30-37-62-52(38-42)50-20-8-15-27-61(50)67-62)45-34-36-55-51(39-45)48-19-7-10-22-54(48)64(55)56-23-11-13-25-59(56)66(43-16-4-3-5-17-43)60-26-14-12-24-57(60)64;1-3-16-41(17-4-1)42-30-34-45(35-31-42)62(46-36-32-43(33-37-46)48-22-15-23-51-50-21-8-14-29-59(50)64-60(48)51)47-38-39-54-52(40-47)49-20-7-9-24-53(49)61(54)55-25-10-12-27-57(55)63(44-18-5-2-6-19-44)58-28-13-11-26-56(58)61/h3-40H,1-2H3;1-40H. The lowest BCUT2D eigenvalue weighted by Gasteiger charge is -2.45. The van der Waals surface area contributed by atoms with Crippen LogP contribution in [0.15, 0.2) is 482 Å². The van der Waals surface area contributed by atoms with Crippen LogP contribution in [0.25, 0.3) is 111 Å². The predicted molar refractivity (Wildman–Crippen MR) is 542 cm³/mol. The summed E-state index contributed by atoms with van der Waals surface area (Å²) in [5, 5.41) is 4.53. The summed E-state index contributed by atoms with van der Waals surface area (Å²) in [5.74, 6) is 0. The number of rotatable bonds is 11. The van der Waals surface area contributed by atoms with Crippen molar-refractivity contribution in [3.05, 3.63) is 529 Å². The number of hydrogen-bond donors (Lipinski definition) is 0. The molecule has 0 atom stereocenters. The third-order valence-corrected chi connectivity index (χ3v) is 28.5. The van der Waals surface area contributed by atoms with Crippen LogP contribution in [-0.4, -0.2) is 0 Å². The normalized spacial score (nSPS) is 13.7. The molecule has 0 saturated carbocycles. The number of furan rings is 2. The molecule has 616 valence electrons. The van der Waals surface area contributed by atoms with E-state index in [4.69, 9.17) is 8.83 Å². The number of hydrogen-bond acceptors (Lipinski definition) is 6. The molecule has 20 aromatic carbocycles. The fraction of sp³-hybridized carbons (Fsp3) is 0.0400. The fourth-order valence-electron chi connectivity index (χ4n) is 22.8. The van der Waals surface area contributed by atoms with Gasteiger partial charge in [0.05, 0.1) is 33.6 Å². The van der Waals surface area contributed by atoms with Crippen molar-refractivity contribution in [1.82, 2.24) is 0 Å². The minimum absolute atomic E-state index is 0.147. The number of para-hydroxylation sites is 9. The van der Waals surface area contributed by atoms with Crippen LogP contribution in [0.3, 0.4) is 0 Å². The molecule has 2 aliphatic heterocycles. The lowest BCUT2D eigenvalue weighted by atomic mass is 9.64. The van der Waals surface area contributed by atoms with E-state index >= 15 is 0 Å². The highest BCUT2D eigenvalue weighted by Crippen LogP contribution is 2.67. The summed E-state index contributed by atoms with van der Waals surface area (Å²) in [6.07, 6.45) is 0. The lowest BCUT2D eigenvalue weighted by Crippen LogP contribution is -2.36. The van der Waals surface area contributed by atoms with Crippen molar-refractivity contribution in [2.45, 2.75) is 30.1 Å². The molecule has 4 heterocycles. The SMILES string of the molecule is CC1(C)c2ccccc2-c2ccc(N(c3ccc(-c4ccc5oc6ccccc6c5c4)cc3)c3ccc4c(c3)-c3ccccc3C43c4ccccc4N(c4ccccc4)c4ccccc43)cc21.c1ccc(-c2ccc(N(c3ccc(-c4cccc5c4oc4ccccc45)cc3)c3ccc4c(c3)-c3ccccc3C43c4ccccc4N(c4ccccc4)c4ccccc43)cc2)cc1. The van der Waals surface area contributed by atoms with Crippen molar-refractivity contribution < 1.29 is 8.83 Å². The van der Waals surface area contributed by atoms with Gasteiger partial charge in [-0.1, -0.05) is 341 Å². The van der Waals surface area contributed by atoms with E-state index in [1.165, 1.54) is 123 Å². The van der Waals surface area contributed by atoms with E-state index in [1.54, 1.807) is 0 Å². The van der Waals surface area contributed by atoms with Crippen LogP contribution in [0, 0.1) is 0 Å². The molecule has 0 saturated heterocycles. The Morgan fingerprint density at radius 3 is 1.03 bits per heavy atom. The van der Waals surface area contributed by atoms with Gasteiger partial charge >= 0.3 is 0 Å². The maximum absolute atomic E-state index is 6.48. The molecule has 0 amide bonds. The van der Waals surface area contributed by atoms with E-state index in [0.717, 1.165) is 112 Å². The monoisotopic (exact) mass is 1670 g/mol. The van der Waals surface area contributed by atoms with Gasteiger partial charge < -0.3 is 28.4 Å². The molecule has 0 fully saturated rings. The van der Waals surface area contributed by atoms with Gasteiger partial charge in [0, 0.05) is 78.0 Å². The highest BCUT2D eigenvalue weighted by Gasteiger charge is 2.54. The molecule has 2 aromatic heterocycles. The summed E-state index contributed by atoms with van der Waals surface area (Å²) < 4.78 is 12.7. The van der Waals surface area contributed by atoms with Gasteiger partial charge in [-0.05, 0) is 262 Å². The van der Waals surface area contributed by atoms with Gasteiger partial charge in [-0.15, -0.1) is 0 Å². The van der Waals surface area contributed by atoms with Gasteiger partial charge in [0.2, 0.25) is 0 Å². The van der Waals surface area contributed by atoms with Gasteiger partial charge in [0.15, 0.2) is 0 Å². The predicted octanol–water partition coefficient (Wildman–Crippen LogP) is 33.7. The number of anilines is 12. The molecular formula is C125H84N4O2. The smallest absolute Gasteiger partial charge is 0.143 e. The van der Waals surface area contributed by atoms with Crippen molar-refractivity contribution >= 4 is 112 Å². The first-order valence-corrected chi connectivity index (χ1v) is 45.3. The van der Waals surface area contributed by atoms with Gasteiger partial charge in [-0.3, -0.25) is 0 Å². The molecule has 6 nitrogen and oxygen atoms in total. The molecule has 3 aliphatic carbocycles. The van der Waals surface area contributed by atoms with Crippen LogP contribution >= 0.6 is 0 Å². The van der Waals surface area contributed by atoms with Crippen molar-refractivity contribution in [3.63, 3.8) is 0 Å². The number of benzene rings is 20. The summed E-state index contributed by atoms with van der Waals surface area (Å²) in [5.41, 5.74) is 43.7. The summed E-state index contributed by atoms with van der Waals surface area (Å²) >= 11 is 0. The van der Waals surface area contributed by atoms with Gasteiger partial charge in [0.25, 0.3) is 0 Å². The molecule has 27 rings (SSSR count). The average molecular weight is 1670 g/mol. The first-order valence-electron chi connectivity index (χ1n) is 45.3. The molecule has 0 N–H and O–H groups in total. The Labute approximate surface area is 761 Å². The highest BCUT2D eigenvalue weighted by atomic mass is 16.3. The van der Waals surface area contributed by atoms with Gasteiger partial charge in [-0.25, -0.2) is 0 Å².